The lowest BCUT2D eigenvalue weighted by molar-refractivity contribution is -0.118. The van der Waals surface area contributed by atoms with Crippen molar-refractivity contribution in [3.63, 3.8) is 0 Å². The van der Waals surface area contributed by atoms with Crippen molar-refractivity contribution in [2.75, 3.05) is 13.2 Å². The third-order valence-electron chi connectivity index (χ3n) is 4.00. The number of amides is 1. The predicted octanol–water partition coefficient (Wildman–Crippen LogP) is 3.14. The van der Waals surface area contributed by atoms with Crippen LogP contribution in [0.3, 0.4) is 0 Å². The molecule has 4 heteroatoms. The van der Waals surface area contributed by atoms with E-state index in [4.69, 9.17) is 9.47 Å². The van der Waals surface area contributed by atoms with E-state index in [1.165, 1.54) is 6.42 Å². The van der Waals surface area contributed by atoms with Crippen LogP contribution < -0.4 is 14.8 Å². The molecule has 0 aromatic heterocycles. The van der Waals surface area contributed by atoms with E-state index in [0.29, 0.717) is 13.2 Å². The van der Waals surface area contributed by atoms with Crippen molar-refractivity contribution in [3.8, 4) is 11.5 Å². The maximum absolute atomic E-state index is 12.2. The Balaban J connectivity index is 1.68. The molecule has 3 rings (SSSR count). The standard InChI is InChI=1S/C17H21NO3/c1-12(18-17(19)13-5-3-2-4-6-13)14-7-8-15-16(11-14)21-10-9-20-15/h5,7-8,11-12H,2-4,6,9-10H2,1H3,(H,18,19)/t12-/m0/s1. The Kier molecular flexibility index (Phi) is 4.13. The van der Waals surface area contributed by atoms with Crippen molar-refractivity contribution in [2.45, 2.75) is 38.6 Å². The molecule has 0 saturated carbocycles. The van der Waals surface area contributed by atoms with Gasteiger partial charge in [-0.3, -0.25) is 4.79 Å². The Bertz CT molecular complexity index is 565. The summed E-state index contributed by atoms with van der Waals surface area (Å²) in [5.41, 5.74) is 1.95. The molecule has 2 aliphatic rings. The molecule has 112 valence electrons. The van der Waals surface area contributed by atoms with Crippen LogP contribution in [0.4, 0.5) is 0 Å². The second-order valence-corrected chi connectivity index (χ2v) is 5.57. The molecule has 0 fully saturated rings. The van der Waals surface area contributed by atoms with Gasteiger partial charge in [0.15, 0.2) is 11.5 Å². The minimum atomic E-state index is -0.0452. The maximum Gasteiger partial charge on any atom is 0.247 e. The van der Waals surface area contributed by atoms with Gasteiger partial charge in [-0.1, -0.05) is 12.1 Å². The average molecular weight is 287 g/mol. The Morgan fingerprint density at radius 2 is 2.00 bits per heavy atom. The molecule has 1 aliphatic heterocycles. The molecule has 1 N–H and O–H groups in total. The van der Waals surface area contributed by atoms with E-state index in [1.807, 2.05) is 25.1 Å². The van der Waals surface area contributed by atoms with Crippen LogP contribution in [0.15, 0.2) is 29.8 Å². The summed E-state index contributed by atoms with van der Waals surface area (Å²) in [6, 6.07) is 5.80. The van der Waals surface area contributed by atoms with E-state index >= 15 is 0 Å². The molecule has 0 bridgehead atoms. The highest BCUT2D eigenvalue weighted by Crippen LogP contribution is 2.32. The van der Waals surface area contributed by atoms with Gasteiger partial charge in [-0.05, 0) is 50.3 Å². The zero-order valence-electron chi connectivity index (χ0n) is 12.4. The lowest BCUT2D eigenvalue weighted by Crippen LogP contribution is -2.28. The van der Waals surface area contributed by atoms with E-state index in [9.17, 15) is 4.79 Å². The summed E-state index contributed by atoms with van der Waals surface area (Å²) in [4.78, 5) is 12.2. The maximum atomic E-state index is 12.2. The highest BCUT2D eigenvalue weighted by atomic mass is 16.6. The van der Waals surface area contributed by atoms with Crippen molar-refractivity contribution in [1.82, 2.24) is 5.32 Å². The molecule has 0 spiro atoms. The average Bonchev–Trinajstić information content (AvgIpc) is 2.55. The van der Waals surface area contributed by atoms with Gasteiger partial charge in [0, 0.05) is 5.57 Å². The van der Waals surface area contributed by atoms with Gasteiger partial charge < -0.3 is 14.8 Å². The van der Waals surface area contributed by atoms with Crippen LogP contribution in [0.5, 0.6) is 11.5 Å². The summed E-state index contributed by atoms with van der Waals surface area (Å²) in [5, 5.41) is 3.07. The first kappa shape index (κ1) is 14.0. The lowest BCUT2D eigenvalue weighted by Gasteiger charge is -2.21. The van der Waals surface area contributed by atoms with Gasteiger partial charge >= 0.3 is 0 Å². The van der Waals surface area contributed by atoms with E-state index < -0.39 is 0 Å². The largest absolute Gasteiger partial charge is 0.486 e. The third-order valence-corrected chi connectivity index (χ3v) is 4.00. The number of carbonyl (C=O) groups excluding carboxylic acids is 1. The molecule has 1 amide bonds. The predicted molar refractivity (Wildman–Crippen MR) is 80.5 cm³/mol. The molecule has 1 aliphatic carbocycles. The summed E-state index contributed by atoms with van der Waals surface area (Å²) in [5.74, 6) is 1.59. The molecule has 4 nitrogen and oxygen atoms in total. The smallest absolute Gasteiger partial charge is 0.247 e. The molecular weight excluding hydrogens is 266 g/mol. The molecule has 0 saturated heterocycles. The fourth-order valence-electron chi connectivity index (χ4n) is 2.75. The van der Waals surface area contributed by atoms with Crippen LogP contribution in [0, 0.1) is 0 Å². The van der Waals surface area contributed by atoms with E-state index in [0.717, 1.165) is 41.9 Å². The molecule has 1 aromatic carbocycles. The van der Waals surface area contributed by atoms with Crippen LogP contribution in [0.25, 0.3) is 0 Å². The summed E-state index contributed by atoms with van der Waals surface area (Å²) in [6.45, 7) is 3.16. The minimum absolute atomic E-state index is 0.0452. The number of hydrogen-bond donors (Lipinski definition) is 1. The zero-order chi connectivity index (χ0) is 14.7. The summed E-state index contributed by atoms with van der Waals surface area (Å²) >= 11 is 0. The quantitative estimate of drug-likeness (QED) is 0.929. The van der Waals surface area contributed by atoms with Crippen LogP contribution >= 0.6 is 0 Å². The van der Waals surface area contributed by atoms with Gasteiger partial charge in [0.1, 0.15) is 13.2 Å². The van der Waals surface area contributed by atoms with Gasteiger partial charge in [0.25, 0.3) is 0 Å². The number of fused-ring (bicyclic) bond motifs is 1. The third kappa shape index (κ3) is 3.20. The second kappa shape index (κ2) is 6.20. The van der Waals surface area contributed by atoms with E-state index in [2.05, 4.69) is 11.4 Å². The number of carbonyl (C=O) groups is 1. The monoisotopic (exact) mass is 287 g/mol. The topological polar surface area (TPSA) is 47.6 Å². The number of allylic oxidation sites excluding steroid dienone is 1. The van der Waals surface area contributed by atoms with Gasteiger partial charge in [0.05, 0.1) is 6.04 Å². The first-order chi connectivity index (χ1) is 10.2. The van der Waals surface area contributed by atoms with Gasteiger partial charge in [0.2, 0.25) is 5.91 Å². The van der Waals surface area contributed by atoms with Crippen molar-refractivity contribution < 1.29 is 14.3 Å². The summed E-state index contributed by atoms with van der Waals surface area (Å²) in [7, 11) is 0. The van der Waals surface area contributed by atoms with Crippen molar-refractivity contribution in [1.29, 1.82) is 0 Å². The summed E-state index contributed by atoms with van der Waals surface area (Å²) < 4.78 is 11.1. The number of benzene rings is 1. The van der Waals surface area contributed by atoms with Gasteiger partial charge in [-0.15, -0.1) is 0 Å². The number of nitrogens with one attached hydrogen (secondary N) is 1. The molecule has 1 heterocycles. The van der Waals surface area contributed by atoms with Crippen LogP contribution in [0.2, 0.25) is 0 Å². The normalized spacial score (nSPS) is 18.6. The number of hydrogen-bond acceptors (Lipinski definition) is 3. The van der Waals surface area contributed by atoms with E-state index in [-0.39, 0.29) is 11.9 Å². The first-order valence-electron chi connectivity index (χ1n) is 7.63. The fraction of sp³-hybridized carbons (Fsp3) is 0.471. The van der Waals surface area contributed by atoms with Crippen molar-refractivity contribution in [3.05, 3.63) is 35.4 Å². The van der Waals surface area contributed by atoms with Crippen LogP contribution in [0.1, 0.15) is 44.2 Å². The minimum Gasteiger partial charge on any atom is -0.486 e. The molecule has 0 unspecified atom stereocenters. The zero-order valence-corrected chi connectivity index (χ0v) is 12.4. The number of ether oxygens (including phenoxy) is 2. The van der Waals surface area contributed by atoms with Crippen molar-refractivity contribution >= 4 is 5.91 Å². The highest BCUT2D eigenvalue weighted by Gasteiger charge is 2.18. The molecule has 1 aromatic rings. The number of rotatable bonds is 3. The molecular formula is C17H21NO3. The second-order valence-electron chi connectivity index (χ2n) is 5.57. The Labute approximate surface area is 125 Å². The summed E-state index contributed by atoms with van der Waals surface area (Å²) in [6.07, 6.45) is 6.27. The lowest BCUT2D eigenvalue weighted by atomic mass is 9.98. The SMILES string of the molecule is C[C@H](NC(=O)C1=CCCCC1)c1ccc2c(c1)OCCO2. The molecule has 0 radical (unpaired) electrons. The van der Waals surface area contributed by atoms with Crippen molar-refractivity contribution in [2.24, 2.45) is 0 Å². The van der Waals surface area contributed by atoms with Gasteiger partial charge in [-0.25, -0.2) is 0 Å². The van der Waals surface area contributed by atoms with Crippen LogP contribution in [-0.2, 0) is 4.79 Å². The van der Waals surface area contributed by atoms with Gasteiger partial charge in [-0.2, -0.15) is 0 Å². The Morgan fingerprint density at radius 1 is 1.19 bits per heavy atom. The molecule has 1 atom stereocenters. The first-order valence-corrected chi connectivity index (χ1v) is 7.63. The molecule has 21 heavy (non-hydrogen) atoms. The Hall–Kier alpha value is -1.97. The van der Waals surface area contributed by atoms with Crippen LogP contribution in [-0.4, -0.2) is 19.1 Å². The fourth-order valence-corrected chi connectivity index (χ4v) is 2.75. The van der Waals surface area contributed by atoms with E-state index in [1.54, 1.807) is 0 Å². The highest BCUT2D eigenvalue weighted by molar-refractivity contribution is 5.93. The Morgan fingerprint density at radius 3 is 2.76 bits per heavy atom.